The summed E-state index contributed by atoms with van der Waals surface area (Å²) >= 11 is 0. The van der Waals surface area contributed by atoms with Crippen LogP contribution in [0, 0.1) is 0 Å². The summed E-state index contributed by atoms with van der Waals surface area (Å²) < 4.78 is 4.50. The van der Waals surface area contributed by atoms with Gasteiger partial charge in [-0.3, -0.25) is 4.79 Å². The van der Waals surface area contributed by atoms with Gasteiger partial charge in [-0.1, -0.05) is 0 Å². The number of ether oxygens (including phenoxy) is 1. The summed E-state index contributed by atoms with van der Waals surface area (Å²) in [4.78, 5) is 25.4. The molecule has 0 spiro atoms. The Hall–Kier alpha value is -2.11. The van der Waals surface area contributed by atoms with Crippen molar-refractivity contribution in [2.75, 3.05) is 19.0 Å². The van der Waals surface area contributed by atoms with E-state index < -0.39 is 11.9 Å². The molecule has 0 unspecified atom stereocenters. The molecular weight excluding hydrogens is 198 g/mol. The number of anilines is 1. The largest absolute Gasteiger partial charge is 0.464 e. The van der Waals surface area contributed by atoms with Crippen molar-refractivity contribution in [1.29, 1.82) is 0 Å². The lowest BCUT2D eigenvalue weighted by Crippen LogP contribution is -2.22. The highest BCUT2D eigenvalue weighted by molar-refractivity contribution is 5.88. The number of carbonyl (C=O) groups is 2. The van der Waals surface area contributed by atoms with E-state index >= 15 is 0 Å². The number of rotatable bonds is 4. The van der Waals surface area contributed by atoms with Crippen molar-refractivity contribution in [3.63, 3.8) is 0 Å². The molecule has 1 heterocycles. The molecule has 6 nitrogen and oxygen atoms in total. The van der Waals surface area contributed by atoms with Crippen molar-refractivity contribution >= 4 is 17.6 Å². The van der Waals surface area contributed by atoms with Crippen molar-refractivity contribution < 1.29 is 14.3 Å². The van der Waals surface area contributed by atoms with E-state index in [-0.39, 0.29) is 12.2 Å². The van der Waals surface area contributed by atoms with Crippen LogP contribution in [0.1, 0.15) is 10.5 Å². The van der Waals surface area contributed by atoms with Gasteiger partial charge >= 0.3 is 5.97 Å². The monoisotopic (exact) mass is 209 g/mol. The molecule has 0 aliphatic carbocycles. The van der Waals surface area contributed by atoms with Crippen molar-refractivity contribution in [3.8, 4) is 0 Å². The molecule has 0 aromatic carbocycles. The van der Waals surface area contributed by atoms with Gasteiger partial charge in [0.25, 0.3) is 0 Å². The number of nitrogens with one attached hydrogen (secondary N) is 1. The zero-order valence-electron chi connectivity index (χ0n) is 8.19. The smallest absolute Gasteiger partial charge is 0.356 e. The van der Waals surface area contributed by atoms with Gasteiger partial charge in [0.05, 0.1) is 13.7 Å². The summed E-state index contributed by atoms with van der Waals surface area (Å²) in [6.07, 6.45) is 1.44. The van der Waals surface area contributed by atoms with Gasteiger partial charge in [0, 0.05) is 11.9 Å². The lowest BCUT2D eigenvalue weighted by molar-refractivity contribution is -0.116. The lowest BCUT2D eigenvalue weighted by atomic mass is 10.3. The van der Waals surface area contributed by atoms with E-state index in [0.717, 1.165) is 0 Å². The molecule has 1 aromatic heterocycles. The second-order valence-electron chi connectivity index (χ2n) is 2.74. The van der Waals surface area contributed by atoms with Crippen LogP contribution in [0.15, 0.2) is 18.3 Å². The number of amides is 1. The van der Waals surface area contributed by atoms with E-state index in [1.54, 1.807) is 6.07 Å². The predicted octanol–water partition coefficient (Wildman–Crippen LogP) is -0.235. The van der Waals surface area contributed by atoms with Gasteiger partial charge in [-0.05, 0) is 12.1 Å². The second kappa shape index (κ2) is 4.94. The van der Waals surface area contributed by atoms with E-state index in [4.69, 9.17) is 5.73 Å². The number of nitrogens with zero attached hydrogens (tertiary/aromatic N) is 1. The van der Waals surface area contributed by atoms with E-state index in [1.165, 1.54) is 19.4 Å². The first-order valence-electron chi connectivity index (χ1n) is 4.20. The van der Waals surface area contributed by atoms with Crippen LogP contribution in [0.25, 0.3) is 0 Å². The number of hydrogen-bond donors (Lipinski definition) is 2. The van der Waals surface area contributed by atoms with Gasteiger partial charge in [-0.2, -0.15) is 0 Å². The molecule has 0 atom stereocenters. The zero-order valence-corrected chi connectivity index (χ0v) is 8.19. The Bertz CT molecular complexity index is 379. The van der Waals surface area contributed by atoms with E-state index in [2.05, 4.69) is 15.0 Å². The first kappa shape index (κ1) is 11.0. The number of methoxy groups -OCH3 is 1. The third kappa shape index (κ3) is 3.26. The Balaban J connectivity index is 2.74. The highest BCUT2D eigenvalue weighted by Crippen LogP contribution is 2.07. The molecule has 0 saturated heterocycles. The van der Waals surface area contributed by atoms with Gasteiger partial charge < -0.3 is 15.8 Å². The summed E-state index contributed by atoms with van der Waals surface area (Å²) in [5.74, 6) is -1.01. The summed E-state index contributed by atoms with van der Waals surface area (Å²) in [6, 6.07) is 3.10. The maximum absolute atomic E-state index is 11.1. The average molecular weight is 209 g/mol. The number of esters is 1. The number of hydrogen-bond acceptors (Lipinski definition) is 5. The molecule has 0 radical (unpaired) electrons. The van der Waals surface area contributed by atoms with Crippen molar-refractivity contribution in [3.05, 3.63) is 24.0 Å². The normalized spacial score (nSPS) is 9.40. The van der Waals surface area contributed by atoms with Gasteiger partial charge in [0.15, 0.2) is 0 Å². The van der Waals surface area contributed by atoms with Crippen LogP contribution in [-0.2, 0) is 9.53 Å². The summed E-state index contributed by atoms with van der Waals surface area (Å²) in [7, 11) is 1.27. The van der Waals surface area contributed by atoms with Crippen LogP contribution in [0.3, 0.4) is 0 Å². The van der Waals surface area contributed by atoms with Crippen LogP contribution >= 0.6 is 0 Å². The fourth-order valence-corrected chi connectivity index (χ4v) is 0.946. The van der Waals surface area contributed by atoms with Crippen molar-refractivity contribution in [2.45, 2.75) is 0 Å². The third-order valence-electron chi connectivity index (χ3n) is 1.62. The van der Waals surface area contributed by atoms with E-state index in [9.17, 15) is 9.59 Å². The molecular formula is C9H11N3O3. The zero-order chi connectivity index (χ0) is 11.3. The SMILES string of the molecule is COC(=O)c1cc(NCC(N)=O)ccn1. The molecule has 1 aromatic rings. The molecule has 3 N–H and O–H groups in total. The molecule has 0 aliphatic rings. The minimum absolute atomic E-state index is 0.00459. The average Bonchev–Trinajstić information content (AvgIpc) is 2.25. The molecule has 0 fully saturated rings. The van der Waals surface area contributed by atoms with Crippen LogP contribution in [0.5, 0.6) is 0 Å². The van der Waals surface area contributed by atoms with Crippen molar-refractivity contribution in [2.24, 2.45) is 5.73 Å². The quantitative estimate of drug-likeness (QED) is 0.668. The first-order chi connectivity index (χ1) is 7.13. The molecule has 0 aliphatic heterocycles. The Kier molecular flexibility index (Phi) is 3.61. The van der Waals surface area contributed by atoms with Gasteiger partial charge in [0.2, 0.25) is 5.91 Å². The molecule has 1 amide bonds. The molecule has 0 bridgehead atoms. The number of nitrogens with two attached hydrogens (primary N) is 1. The Morgan fingerprint density at radius 2 is 2.33 bits per heavy atom. The topological polar surface area (TPSA) is 94.3 Å². The standard InChI is InChI=1S/C9H11N3O3/c1-15-9(14)7-4-6(2-3-11-7)12-5-8(10)13/h2-4H,5H2,1H3,(H2,10,13)(H,11,12). The number of aromatic nitrogens is 1. The molecule has 6 heteroatoms. The van der Waals surface area contributed by atoms with Gasteiger partial charge in [-0.15, -0.1) is 0 Å². The predicted molar refractivity (Wildman–Crippen MR) is 53.3 cm³/mol. The number of pyridine rings is 1. The fourth-order valence-electron chi connectivity index (χ4n) is 0.946. The summed E-state index contributed by atoms with van der Waals surface area (Å²) in [5, 5.41) is 2.74. The summed E-state index contributed by atoms with van der Waals surface area (Å²) in [5.41, 5.74) is 5.72. The molecule has 1 rings (SSSR count). The van der Waals surface area contributed by atoms with Crippen LogP contribution < -0.4 is 11.1 Å². The van der Waals surface area contributed by atoms with Gasteiger partial charge in [-0.25, -0.2) is 9.78 Å². The highest BCUT2D eigenvalue weighted by Gasteiger charge is 2.07. The third-order valence-corrected chi connectivity index (χ3v) is 1.62. The maximum atomic E-state index is 11.1. The van der Waals surface area contributed by atoms with E-state index in [0.29, 0.717) is 5.69 Å². The minimum Gasteiger partial charge on any atom is -0.464 e. The summed E-state index contributed by atoms with van der Waals surface area (Å²) in [6.45, 7) is 0.00459. The fraction of sp³-hybridized carbons (Fsp3) is 0.222. The van der Waals surface area contributed by atoms with Crippen molar-refractivity contribution in [1.82, 2.24) is 4.98 Å². The second-order valence-corrected chi connectivity index (χ2v) is 2.74. The Morgan fingerprint density at radius 1 is 1.60 bits per heavy atom. The van der Waals surface area contributed by atoms with Crippen LogP contribution in [-0.4, -0.2) is 30.5 Å². The maximum Gasteiger partial charge on any atom is 0.356 e. The molecule has 80 valence electrons. The number of primary amides is 1. The van der Waals surface area contributed by atoms with E-state index in [1.807, 2.05) is 0 Å². The Labute approximate surface area is 86.4 Å². The lowest BCUT2D eigenvalue weighted by Gasteiger charge is -2.04. The Morgan fingerprint density at radius 3 is 2.93 bits per heavy atom. The first-order valence-corrected chi connectivity index (χ1v) is 4.20. The number of carbonyl (C=O) groups excluding carboxylic acids is 2. The molecule has 0 saturated carbocycles. The minimum atomic E-state index is -0.530. The van der Waals surface area contributed by atoms with Crippen LogP contribution in [0.4, 0.5) is 5.69 Å². The highest BCUT2D eigenvalue weighted by atomic mass is 16.5. The molecule has 15 heavy (non-hydrogen) atoms. The van der Waals surface area contributed by atoms with Gasteiger partial charge in [0.1, 0.15) is 5.69 Å². The van der Waals surface area contributed by atoms with Crippen LogP contribution in [0.2, 0.25) is 0 Å².